The first-order valence-corrected chi connectivity index (χ1v) is 7.19. The number of phenols is 3. The van der Waals surface area contributed by atoms with Crippen molar-refractivity contribution in [3.05, 3.63) is 53.1 Å². The molecule has 0 spiro atoms. The van der Waals surface area contributed by atoms with Crippen LogP contribution in [0.15, 0.2) is 36.4 Å². The predicted octanol–water partition coefficient (Wildman–Crippen LogP) is 2.62. The second kappa shape index (κ2) is 5.66. The number of hydrogen-bond acceptors (Lipinski definition) is 4. The monoisotopic (exact) mass is 285 g/mol. The van der Waals surface area contributed by atoms with Gasteiger partial charge in [-0.2, -0.15) is 0 Å². The van der Waals surface area contributed by atoms with Gasteiger partial charge in [0, 0.05) is 6.04 Å². The van der Waals surface area contributed by atoms with Crippen LogP contribution < -0.4 is 5.32 Å². The van der Waals surface area contributed by atoms with Gasteiger partial charge in [-0.1, -0.05) is 12.1 Å². The fourth-order valence-corrected chi connectivity index (χ4v) is 2.90. The molecule has 0 radical (unpaired) electrons. The fraction of sp³-hybridized carbons (Fsp3) is 0.294. The van der Waals surface area contributed by atoms with E-state index in [1.165, 1.54) is 5.56 Å². The topological polar surface area (TPSA) is 72.7 Å². The van der Waals surface area contributed by atoms with Crippen LogP contribution in [0.3, 0.4) is 0 Å². The minimum atomic E-state index is -0.0629. The molecule has 0 saturated heterocycles. The van der Waals surface area contributed by atoms with Crippen LogP contribution in [0.2, 0.25) is 0 Å². The molecule has 0 saturated carbocycles. The number of aromatic hydroxyl groups is 3. The zero-order valence-corrected chi connectivity index (χ0v) is 11.7. The van der Waals surface area contributed by atoms with Gasteiger partial charge in [0.2, 0.25) is 0 Å². The molecular formula is C17H19NO3. The van der Waals surface area contributed by atoms with Gasteiger partial charge >= 0.3 is 0 Å². The molecule has 3 rings (SSSR count). The first-order valence-electron chi connectivity index (χ1n) is 7.19. The SMILES string of the molecule is Oc1ccc(CC[C@@H]2NCCc3cc(O)c(O)cc32)cc1. The Morgan fingerprint density at radius 2 is 1.71 bits per heavy atom. The molecule has 0 bridgehead atoms. The normalized spacial score (nSPS) is 17.4. The first kappa shape index (κ1) is 13.8. The van der Waals surface area contributed by atoms with E-state index in [1.54, 1.807) is 24.3 Å². The van der Waals surface area contributed by atoms with Crippen molar-refractivity contribution in [1.82, 2.24) is 5.32 Å². The predicted molar refractivity (Wildman–Crippen MR) is 80.6 cm³/mol. The van der Waals surface area contributed by atoms with Crippen LogP contribution >= 0.6 is 0 Å². The molecule has 0 amide bonds. The molecule has 4 nitrogen and oxygen atoms in total. The lowest BCUT2D eigenvalue weighted by Crippen LogP contribution is -2.30. The lowest BCUT2D eigenvalue weighted by atomic mass is 9.90. The number of aryl methyl sites for hydroxylation is 1. The van der Waals surface area contributed by atoms with E-state index in [-0.39, 0.29) is 23.3 Å². The molecule has 2 aromatic carbocycles. The van der Waals surface area contributed by atoms with E-state index in [4.69, 9.17) is 0 Å². The first-order chi connectivity index (χ1) is 10.1. The van der Waals surface area contributed by atoms with Gasteiger partial charge in [0.25, 0.3) is 0 Å². The van der Waals surface area contributed by atoms with Crippen LogP contribution in [-0.4, -0.2) is 21.9 Å². The van der Waals surface area contributed by atoms with Gasteiger partial charge in [0.15, 0.2) is 11.5 Å². The maximum Gasteiger partial charge on any atom is 0.157 e. The summed E-state index contributed by atoms with van der Waals surface area (Å²) in [5.41, 5.74) is 3.33. The number of rotatable bonds is 3. The standard InChI is InChI=1S/C17H19NO3/c19-13-4-1-11(2-5-13)3-6-15-14-10-17(21)16(20)9-12(14)7-8-18-15/h1-2,4-5,9-10,15,18-21H,3,6-8H2/t15-/m0/s1. The molecule has 1 atom stereocenters. The van der Waals surface area contributed by atoms with E-state index >= 15 is 0 Å². The van der Waals surface area contributed by atoms with Crippen LogP contribution in [-0.2, 0) is 12.8 Å². The third-order valence-electron chi connectivity index (χ3n) is 4.05. The molecule has 4 N–H and O–H groups in total. The Morgan fingerprint density at radius 3 is 2.48 bits per heavy atom. The average Bonchev–Trinajstić information content (AvgIpc) is 2.48. The Balaban J connectivity index is 1.76. The molecule has 0 aliphatic carbocycles. The third-order valence-corrected chi connectivity index (χ3v) is 4.05. The van der Waals surface area contributed by atoms with Crippen molar-refractivity contribution in [2.24, 2.45) is 0 Å². The number of hydrogen-bond donors (Lipinski definition) is 4. The van der Waals surface area contributed by atoms with E-state index in [0.717, 1.165) is 36.9 Å². The molecule has 1 aliphatic rings. The largest absolute Gasteiger partial charge is 0.508 e. The summed E-state index contributed by atoms with van der Waals surface area (Å²) in [6.07, 6.45) is 2.65. The minimum Gasteiger partial charge on any atom is -0.508 e. The summed E-state index contributed by atoms with van der Waals surface area (Å²) in [4.78, 5) is 0. The van der Waals surface area contributed by atoms with E-state index in [2.05, 4.69) is 5.32 Å². The van der Waals surface area contributed by atoms with Gasteiger partial charge in [0.1, 0.15) is 5.75 Å². The molecule has 4 heteroatoms. The summed E-state index contributed by atoms with van der Waals surface area (Å²) in [7, 11) is 0. The molecule has 0 unspecified atom stereocenters. The molecule has 21 heavy (non-hydrogen) atoms. The molecule has 2 aromatic rings. The third kappa shape index (κ3) is 2.95. The lowest BCUT2D eigenvalue weighted by molar-refractivity contribution is 0.397. The highest BCUT2D eigenvalue weighted by Crippen LogP contribution is 2.35. The van der Waals surface area contributed by atoms with E-state index < -0.39 is 0 Å². The second-order valence-electron chi connectivity index (χ2n) is 5.50. The maximum atomic E-state index is 9.70. The molecule has 110 valence electrons. The molecule has 0 aromatic heterocycles. The highest BCUT2D eigenvalue weighted by molar-refractivity contribution is 5.47. The van der Waals surface area contributed by atoms with Crippen molar-refractivity contribution < 1.29 is 15.3 Å². The van der Waals surface area contributed by atoms with Gasteiger partial charge in [-0.05, 0) is 66.8 Å². The average molecular weight is 285 g/mol. The Morgan fingerprint density at radius 1 is 1.00 bits per heavy atom. The van der Waals surface area contributed by atoms with Crippen LogP contribution in [0.4, 0.5) is 0 Å². The number of phenolic OH excluding ortho intramolecular Hbond substituents is 3. The van der Waals surface area contributed by atoms with Crippen molar-refractivity contribution in [3.63, 3.8) is 0 Å². The lowest BCUT2D eigenvalue weighted by Gasteiger charge is -2.27. The van der Waals surface area contributed by atoms with Crippen LogP contribution in [0.5, 0.6) is 17.2 Å². The zero-order valence-electron chi connectivity index (χ0n) is 11.7. The Hall–Kier alpha value is -2.20. The second-order valence-corrected chi connectivity index (χ2v) is 5.50. The van der Waals surface area contributed by atoms with Crippen molar-refractivity contribution in [2.75, 3.05) is 6.54 Å². The van der Waals surface area contributed by atoms with Crippen molar-refractivity contribution >= 4 is 0 Å². The number of benzene rings is 2. The Bertz CT molecular complexity index is 637. The summed E-state index contributed by atoms with van der Waals surface area (Å²) < 4.78 is 0. The number of fused-ring (bicyclic) bond motifs is 1. The van der Waals surface area contributed by atoms with Crippen LogP contribution in [0, 0.1) is 0 Å². The summed E-state index contributed by atoms with van der Waals surface area (Å²) in [5.74, 6) is 0.167. The van der Waals surface area contributed by atoms with Crippen molar-refractivity contribution in [3.8, 4) is 17.2 Å². The summed E-state index contributed by atoms with van der Waals surface area (Å²) >= 11 is 0. The smallest absolute Gasteiger partial charge is 0.157 e. The van der Waals surface area contributed by atoms with Gasteiger partial charge in [-0.3, -0.25) is 0 Å². The molecule has 1 aliphatic heterocycles. The quantitative estimate of drug-likeness (QED) is 0.654. The summed E-state index contributed by atoms with van der Waals surface area (Å²) in [6, 6.07) is 10.7. The van der Waals surface area contributed by atoms with E-state index in [1.807, 2.05) is 12.1 Å². The van der Waals surface area contributed by atoms with Crippen LogP contribution in [0.1, 0.15) is 29.2 Å². The van der Waals surface area contributed by atoms with Crippen LogP contribution in [0.25, 0.3) is 0 Å². The minimum absolute atomic E-state index is 0.0482. The van der Waals surface area contributed by atoms with Gasteiger partial charge in [0.05, 0.1) is 0 Å². The van der Waals surface area contributed by atoms with Gasteiger partial charge < -0.3 is 20.6 Å². The van der Waals surface area contributed by atoms with E-state index in [0.29, 0.717) is 0 Å². The summed E-state index contributed by atoms with van der Waals surface area (Å²) in [5, 5.41) is 32.1. The molecule has 0 fully saturated rings. The fourth-order valence-electron chi connectivity index (χ4n) is 2.90. The zero-order chi connectivity index (χ0) is 14.8. The molecule has 1 heterocycles. The van der Waals surface area contributed by atoms with Crippen molar-refractivity contribution in [2.45, 2.75) is 25.3 Å². The highest BCUT2D eigenvalue weighted by Gasteiger charge is 2.21. The van der Waals surface area contributed by atoms with Gasteiger partial charge in [-0.15, -0.1) is 0 Å². The van der Waals surface area contributed by atoms with Crippen molar-refractivity contribution in [1.29, 1.82) is 0 Å². The molecular weight excluding hydrogens is 266 g/mol. The highest BCUT2D eigenvalue weighted by atomic mass is 16.3. The van der Waals surface area contributed by atoms with E-state index in [9.17, 15) is 15.3 Å². The Labute approximate surface area is 123 Å². The summed E-state index contributed by atoms with van der Waals surface area (Å²) in [6.45, 7) is 0.872. The maximum absolute atomic E-state index is 9.70. The van der Waals surface area contributed by atoms with Gasteiger partial charge in [-0.25, -0.2) is 0 Å². The number of nitrogens with one attached hydrogen (secondary N) is 1. The Kier molecular flexibility index (Phi) is 3.71.